The molecule has 0 aliphatic heterocycles. The lowest BCUT2D eigenvalue weighted by molar-refractivity contribution is 0.673. The maximum atomic E-state index is 6.44. The molecule has 0 bridgehead atoms. The number of hydrogen-bond acceptors (Lipinski definition) is 2. The van der Waals surface area contributed by atoms with Crippen molar-refractivity contribution in [2.75, 3.05) is 0 Å². The molecule has 0 atom stereocenters. The molecule has 34 heavy (non-hydrogen) atoms. The van der Waals surface area contributed by atoms with E-state index in [1.807, 2.05) is 23.5 Å². The molecule has 0 N–H and O–H groups in total. The summed E-state index contributed by atoms with van der Waals surface area (Å²) >= 11 is 5.62. The standard InChI is InChI=1S/C30H16BrNOS/c31-22-8-5-11-27-28(22)21-16-17(12-15-26(21)34-27)32-23-9-3-1-7-20(23)29-24(32)14-13-19-18-6-2-4-10-25(18)33-30(19)29/h1-16H. The first-order chi connectivity index (χ1) is 16.8. The molecule has 2 nitrogen and oxygen atoms in total. The summed E-state index contributed by atoms with van der Waals surface area (Å²) in [6.07, 6.45) is 0. The van der Waals surface area contributed by atoms with Crippen LogP contribution in [0.5, 0.6) is 0 Å². The Morgan fingerprint density at radius 3 is 2.41 bits per heavy atom. The molecule has 0 radical (unpaired) electrons. The number of para-hydroxylation sites is 2. The molecule has 0 aliphatic carbocycles. The summed E-state index contributed by atoms with van der Waals surface area (Å²) in [6, 6.07) is 34.6. The Kier molecular flexibility index (Phi) is 3.71. The maximum absolute atomic E-state index is 6.44. The fraction of sp³-hybridized carbons (Fsp3) is 0. The number of rotatable bonds is 1. The second-order valence-electron chi connectivity index (χ2n) is 8.68. The van der Waals surface area contributed by atoms with E-state index < -0.39 is 0 Å². The molecule has 0 fully saturated rings. The highest BCUT2D eigenvalue weighted by atomic mass is 79.9. The molecule has 160 valence electrons. The van der Waals surface area contributed by atoms with Crippen molar-refractivity contribution in [1.82, 2.24) is 4.57 Å². The SMILES string of the molecule is Brc1cccc2sc3ccc(-n4c5ccccc5c5c6oc7ccccc7c6ccc54)cc3c12. The summed E-state index contributed by atoms with van der Waals surface area (Å²) in [5, 5.41) is 7.26. The molecule has 0 aliphatic rings. The lowest BCUT2D eigenvalue weighted by Crippen LogP contribution is -1.93. The second-order valence-corrected chi connectivity index (χ2v) is 10.6. The maximum Gasteiger partial charge on any atom is 0.145 e. The van der Waals surface area contributed by atoms with Gasteiger partial charge in [0.1, 0.15) is 11.2 Å². The second kappa shape index (κ2) is 6.72. The fourth-order valence-corrected chi connectivity index (χ4v) is 7.25. The minimum absolute atomic E-state index is 0.929. The van der Waals surface area contributed by atoms with Crippen LogP contribution in [-0.2, 0) is 0 Å². The Labute approximate surface area is 206 Å². The van der Waals surface area contributed by atoms with Crippen molar-refractivity contribution < 1.29 is 4.42 Å². The van der Waals surface area contributed by atoms with E-state index in [0.717, 1.165) is 37.6 Å². The number of benzene rings is 5. The molecule has 8 aromatic rings. The molecular formula is C30H16BrNOS. The van der Waals surface area contributed by atoms with Crippen LogP contribution >= 0.6 is 27.3 Å². The molecule has 3 heterocycles. The Bertz CT molecular complexity index is 2090. The number of halogens is 1. The zero-order valence-electron chi connectivity index (χ0n) is 17.9. The minimum atomic E-state index is 0.929. The van der Waals surface area contributed by atoms with E-state index >= 15 is 0 Å². The van der Waals surface area contributed by atoms with Crippen LogP contribution < -0.4 is 0 Å². The van der Waals surface area contributed by atoms with Crippen LogP contribution in [-0.4, -0.2) is 4.57 Å². The van der Waals surface area contributed by atoms with Gasteiger partial charge in [0, 0.05) is 46.5 Å². The highest BCUT2D eigenvalue weighted by Crippen LogP contribution is 2.42. The van der Waals surface area contributed by atoms with Gasteiger partial charge < -0.3 is 8.98 Å². The summed E-state index contributed by atoms with van der Waals surface area (Å²) in [6.45, 7) is 0. The molecule has 8 rings (SSSR count). The Balaban J connectivity index is 1.53. The average Bonchev–Trinajstić information content (AvgIpc) is 3.53. The topological polar surface area (TPSA) is 18.1 Å². The molecule has 0 saturated carbocycles. The van der Waals surface area contributed by atoms with E-state index in [4.69, 9.17) is 4.42 Å². The summed E-state index contributed by atoms with van der Waals surface area (Å²) in [5.41, 5.74) is 5.38. The molecule has 0 saturated heterocycles. The molecule has 0 spiro atoms. The van der Waals surface area contributed by atoms with E-state index in [2.05, 4.69) is 105 Å². The third-order valence-electron chi connectivity index (χ3n) is 6.87. The van der Waals surface area contributed by atoms with Crippen molar-refractivity contribution in [3.8, 4) is 5.69 Å². The van der Waals surface area contributed by atoms with Gasteiger partial charge in [0.05, 0.1) is 16.4 Å². The Hall–Kier alpha value is -3.60. The van der Waals surface area contributed by atoms with Crippen LogP contribution in [0.2, 0.25) is 0 Å². The van der Waals surface area contributed by atoms with Crippen LogP contribution in [0.15, 0.2) is 106 Å². The zero-order chi connectivity index (χ0) is 22.4. The quantitative estimate of drug-likeness (QED) is 0.212. The first kappa shape index (κ1) is 18.8. The third-order valence-corrected chi connectivity index (χ3v) is 8.66. The first-order valence-corrected chi connectivity index (χ1v) is 12.8. The molecule has 0 amide bonds. The van der Waals surface area contributed by atoms with Crippen LogP contribution in [0, 0.1) is 0 Å². The predicted octanol–water partition coefficient (Wildman–Crippen LogP) is 9.81. The van der Waals surface area contributed by atoms with Crippen LogP contribution in [0.1, 0.15) is 0 Å². The van der Waals surface area contributed by atoms with E-state index in [1.165, 1.54) is 36.5 Å². The van der Waals surface area contributed by atoms with Crippen molar-refractivity contribution in [1.29, 1.82) is 0 Å². The smallest absolute Gasteiger partial charge is 0.145 e. The normalized spacial score (nSPS) is 12.3. The molecule has 0 unspecified atom stereocenters. The summed E-state index contributed by atoms with van der Waals surface area (Å²) in [7, 11) is 0. The highest BCUT2D eigenvalue weighted by Gasteiger charge is 2.19. The number of fused-ring (bicyclic) bond motifs is 10. The van der Waals surface area contributed by atoms with Gasteiger partial charge in [0.25, 0.3) is 0 Å². The lowest BCUT2D eigenvalue weighted by Gasteiger charge is -2.08. The van der Waals surface area contributed by atoms with Crippen LogP contribution in [0.3, 0.4) is 0 Å². The number of thiophene rings is 1. The number of furan rings is 1. The summed E-state index contributed by atoms with van der Waals surface area (Å²) in [4.78, 5) is 0. The van der Waals surface area contributed by atoms with Crippen molar-refractivity contribution in [3.63, 3.8) is 0 Å². The minimum Gasteiger partial charge on any atom is -0.455 e. The van der Waals surface area contributed by atoms with Gasteiger partial charge in [-0.25, -0.2) is 0 Å². The molecular weight excluding hydrogens is 502 g/mol. The van der Waals surface area contributed by atoms with Crippen molar-refractivity contribution >= 4 is 91.2 Å². The average molecular weight is 518 g/mol. The van der Waals surface area contributed by atoms with E-state index in [0.29, 0.717) is 0 Å². The van der Waals surface area contributed by atoms with Gasteiger partial charge in [-0.3, -0.25) is 0 Å². The summed E-state index contributed by atoms with van der Waals surface area (Å²) < 4.78 is 12.5. The zero-order valence-corrected chi connectivity index (χ0v) is 20.3. The van der Waals surface area contributed by atoms with E-state index in [9.17, 15) is 0 Å². The van der Waals surface area contributed by atoms with Gasteiger partial charge >= 0.3 is 0 Å². The first-order valence-electron chi connectivity index (χ1n) is 11.2. The van der Waals surface area contributed by atoms with E-state index in [1.54, 1.807) is 0 Å². The van der Waals surface area contributed by atoms with Gasteiger partial charge in [-0.2, -0.15) is 0 Å². The number of nitrogens with zero attached hydrogens (tertiary/aromatic N) is 1. The van der Waals surface area contributed by atoms with Crippen molar-refractivity contribution in [3.05, 3.63) is 102 Å². The van der Waals surface area contributed by atoms with Gasteiger partial charge in [-0.1, -0.05) is 58.4 Å². The number of hydrogen-bond donors (Lipinski definition) is 0. The molecule has 5 aromatic carbocycles. The van der Waals surface area contributed by atoms with Gasteiger partial charge in [-0.15, -0.1) is 11.3 Å². The van der Waals surface area contributed by atoms with Crippen LogP contribution in [0.4, 0.5) is 0 Å². The highest BCUT2D eigenvalue weighted by molar-refractivity contribution is 9.10. The summed E-state index contributed by atoms with van der Waals surface area (Å²) in [5.74, 6) is 0. The number of aromatic nitrogens is 1. The molecule has 4 heteroatoms. The van der Waals surface area contributed by atoms with Crippen LogP contribution in [0.25, 0.3) is 69.6 Å². The largest absolute Gasteiger partial charge is 0.455 e. The lowest BCUT2D eigenvalue weighted by atomic mass is 10.1. The monoisotopic (exact) mass is 517 g/mol. The predicted molar refractivity (Wildman–Crippen MR) is 149 cm³/mol. The molecule has 3 aromatic heterocycles. The van der Waals surface area contributed by atoms with Gasteiger partial charge in [0.15, 0.2) is 0 Å². The Morgan fingerprint density at radius 1 is 0.618 bits per heavy atom. The van der Waals surface area contributed by atoms with Crippen molar-refractivity contribution in [2.24, 2.45) is 0 Å². The Morgan fingerprint density at radius 2 is 1.47 bits per heavy atom. The van der Waals surface area contributed by atoms with Gasteiger partial charge in [-0.05, 0) is 54.6 Å². The fourth-order valence-electron chi connectivity index (χ4n) is 5.42. The third kappa shape index (κ3) is 2.39. The van der Waals surface area contributed by atoms with E-state index in [-0.39, 0.29) is 0 Å². The van der Waals surface area contributed by atoms with Crippen molar-refractivity contribution in [2.45, 2.75) is 0 Å². The van der Waals surface area contributed by atoms with Gasteiger partial charge in [0.2, 0.25) is 0 Å².